The van der Waals surface area contributed by atoms with Crippen molar-refractivity contribution in [3.8, 4) is 0 Å². The van der Waals surface area contributed by atoms with Crippen molar-refractivity contribution in [1.82, 2.24) is 14.8 Å². The summed E-state index contributed by atoms with van der Waals surface area (Å²) in [5.41, 5.74) is 1.93. The van der Waals surface area contributed by atoms with E-state index in [2.05, 4.69) is 15.5 Å². The van der Waals surface area contributed by atoms with E-state index in [-0.39, 0.29) is 11.0 Å². The maximum Gasteiger partial charge on any atom is 0.262 e. The number of carbonyl (C=O) groups is 1. The highest BCUT2D eigenvalue weighted by Crippen LogP contribution is 2.18. The van der Waals surface area contributed by atoms with Gasteiger partial charge >= 0.3 is 0 Å². The highest BCUT2D eigenvalue weighted by molar-refractivity contribution is 7.13. The SMILES string of the molecule is CCn1cc(C(=O)Nc2nncs2)c(=O)c2cc(Cl)ccc21. The second kappa shape index (κ2) is 5.86. The first-order valence-corrected chi connectivity index (χ1v) is 7.76. The Bertz CT molecular complexity index is 905. The van der Waals surface area contributed by atoms with E-state index in [9.17, 15) is 9.59 Å². The molecule has 3 aromatic rings. The Morgan fingerprint density at radius 3 is 2.95 bits per heavy atom. The number of anilines is 1. The topological polar surface area (TPSA) is 76.9 Å². The number of nitrogens with zero attached hydrogens (tertiary/aromatic N) is 3. The largest absolute Gasteiger partial charge is 0.347 e. The van der Waals surface area contributed by atoms with E-state index in [0.29, 0.717) is 22.1 Å². The molecule has 0 unspecified atom stereocenters. The van der Waals surface area contributed by atoms with E-state index in [1.54, 1.807) is 24.4 Å². The minimum atomic E-state index is -0.508. The predicted octanol–water partition coefficient (Wildman–Crippen LogP) is 2.78. The molecule has 1 N–H and O–H groups in total. The predicted molar refractivity (Wildman–Crippen MR) is 86.8 cm³/mol. The van der Waals surface area contributed by atoms with E-state index in [4.69, 9.17) is 11.6 Å². The van der Waals surface area contributed by atoms with Crippen LogP contribution < -0.4 is 10.7 Å². The maximum atomic E-state index is 12.6. The first-order valence-electron chi connectivity index (χ1n) is 6.50. The van der Waals surface area contributed by atoms with Crippen molar-refractivity contribution in [1.29, 1.82) is 0 Å². The van der Waals surface area contributed by atoms with Gasteiger partial charge in [0.1, 0.15) is 11.1 Å². The highest BCUT2D eigenvalue weighted by Gasteiger charge is 2.16. The molecule has 8 heteroatoms. The Hall–Kier alpha value is -2.25. The van der Waals surface area contributed by atoms with Crippen LogP contribution in [0.5, 0.6) is 0 Å². The van der Waals surface area contributed by atoms with Crippen LogP contribution in [0.4, 0.5) is 5.13 Å². The second-order valence-electron chi connectivity index (χ2n) is 4.52. The summed E-state index contributed by atoms with van der Waals surface area (Å²) in [6.07, 6.45) is 1.55. The number of aryl methyl sites for hydroxylation is 1. The minimum absolute atomic E-state index is 0.0480. The molecule has 22 heavy (non-hydrogen) atoms. The summed E-state index contributed by atoms with van der Waals surface area (Å²) in [4.78, 5) is 24.9. The van der Waals surface area contributed by atoms with Crippen molar-refractivity contribution in [2.45, 2.75) is 13.5 Å². The van der Waals surface area contributed by atoms with Gasteiger partial charge in [0.2, 0.25) is 10.6 Å². The molecule has 1 amide bonds. The molecule has 2 heterocycles. The van der Waals surface area contributed by atoms with Crippen molar-refractivity contribution in [3.05, 3.63) is 50.7 Å². The Balaban J connectivity index is 2.15. The van der Waals surface area contributed by atoms with Crippen LogP contribution in [0.25, 0.3) is 10.9 Å². The van der Waals surface area contributed by atoms with Crippen molar-refractivity contribution in [2.24, 2.45) is 0 Å². The van der Waals surface area contributed by atoms with Crippen LogP contribution in [-0.4, -0.2) is 20.7 Å². The molecule has 0 fully saturated rings. The molecule has 0 bridgehead atoms. The fourth-order valence-electron chi connectivity index (χ4n) is 2.19. The third-order valence-corrected chi connectivity index (χ3v) is 4.05. The van der Waals surface area contributed by atoms with Gasteiger partial charge in [-0.3, -0.25) is 14.9 Å². The normalized spacial score (nSPS) is 10.8. The third kappa shape index (κ3) is 2.60. The number of aromatic nitrogens is 3. The molecule has 3 rings (SSSR count). The van der Waals surface area contributed by atoms with E-state index in [1.165, 1.54) is 16.8 Å². The van der Waals surface area contributed by atoms with Crippen LogP contribution in [0.3, 0.4) is 0 Å². The van der Waals surface area contributed by atoms with E-state index < -0.39 is 5.91 Å². The molecule has 1 aromatic carbocycles. The molecular weight excluding hydrogens is 324 g/mol. The van der Waals surface area contributed by atoms with Gasteiger partial charge in [-0.15, -0.1) is 10.2 Å². The number of benzene rings is 1. The van der Waals surface area contributed by atoms with Gasteiger partial charge in [0.05, 0.1) is 5.52 Å². The van der Waals surface area contributed by atoms with Gasteiger partial charge in [0.15, 0.2) is 0 Å². The smallest absolute Gasteiger partial charge is 0.262 e. The zero-order valence-corrected chi connectivity index (χ0v) is 13.1. The number of hydrogen-bond donors (Lipinski definition) is 1. The molecule has 6 nitrogen and oxygen atoms in total. The summed E-state index contributed by atoms with van der Waals surface area (Å²) in [5.74, 6) is -0.508. The van der Waals surface area contributed by atoms with Gasteiger partial charge in [-0.25, -0.2) is 0 Å². The summed E-state index contributed by atoms with van der Waals surface area (Å²) in [7, 11) is 0. The Kier molecular flexibility index (Phi) is 3.91. The first kappa shape index (κ1) is 14.7. The highest BCUT2D eigenvalue weighted by atomic mass is 35.5. The van der Waals surface area contributed by atoms with Gasteiger partial charge in [-0.2, -0.15) is 0 Å². The van der Waals surface area contributed by atoms with Crippen LogP contribution in [0.2, 0.25) is 5.02 Å². The molecule has 0 aliphatic carbocycles. The molecule has 0 aliphatic heterocycles. The zero-order valence-electron chi connectivity index (χ0n) is 11.5. The number of carbonyl (C=O) groups excluding carboxylic acids is 1. The summed E-state index contributed by atoms with van der Waals surface area (Å²) in [5, 5.41) is 11.2. The molecule has 0 radical (unpaired) electrons. The van der Waals surface area contributed by atoms with Gasteiger partial charge < -0.3 is 4.57 Å². The number of halogens is 1. The van der Waals surface area contributed by atoms with Gasteiger partial charge in [0, 0.05) is 23.2 Å². The summed E-state index contributed by atoms with van der Waals surface area (Å²) in [6.45, 7) is 2.56. The fourth-order valence-corrected chi connectivity index (χ4v) is 2.80. The fraction of sp³-hybridized carbons (Fsp3) is 0.143. The van der Waals surface area contributed by atoms with Crippen LogP contribution in [-0.2, 0) is 6.54 Å². The lowest BCUT2D eigenvalue weighted by atomic mass is 10.1. The number of hydrogen-bond acceptors (Lipinski definition) is 5. The average molecular weight is 335 g/mol. The van der Waals surface area contributed by atoms with E-state index in [1.807, 2.05) is 11.5 Å². The number of amides is 1. The van der Waals surface area contributed by atoms with Crippen molar-refractivity contribution in [2.75, 3.05) is 5.32 Å². The van der Waals surface area contributed by atoms with Gasteiger partial charge in [-0.05, 0) is 25.1 Å². The number of nitrogens with one attached hydrogen (secondary N) is 1. The first-order chi connectivity index (χ1) is 10.6. The Morgan fingerprint density at radius 1 is 1.45 bits per heavy atom. The lowest BCUT2D eigenvalue weighted by Gasteiger charge is -2.11. The average Bonchev–Trinajstić information content (AvgIpc) is 3.01. The zero-order chi connectivity index (χ0) is 15.7. The lowest BCUT2D eigenvalue weighted by Crippen LogP contribution is -2.23. The Morgan fingerprint density at radius 2 is 2.27 bits per heavy atom. The van der Waals surface area contributed by atoms with Crippen LogP contribution in [0.1, 0.15) is 17.3 Å². The van der Waals surface area contributed by atoms with E-state index >= 15 is 0 Å². The molecule has 0 saturated carbocycles. The third-order valence-electron chi connectivity index (χ3n) is 3.21. The van der Waals surface area contributed by atoms with Crippen LogP contribution in [0.15, 0.2) is 34.7 Å². The monoisotopic (exact) mass is 334 g/mol. The molecular formula is C14H11ClN4O2S. The second-order valence-corrected chi connectivity index (χ2v) is 5.79. The summed E-state index contributed by atoms with van der Waals surface area (Å²) >= 11 is 7.15. The standard InChI is InChI=1S/C14H11ClN4O2S/c1-2-19-6-10(13(21)17-14-18-16-7-22-14)12(20)9-5-8(15)3-4-11(9)19/h3-7H,2H2,1H3,(H,17,18,21). The minimum Gasteiger partial charge on any atom is -0.347 e. The van der Waals surface area contributed by atoms with Crippen molar-refractivity contribution < 1.29 is 4.79 Å². The van der Waals surface area contributed by atoms with Crippen LogP contribution >= 0.6 is 22.9 Å². The number of fused-ring (bicyclic) bond motifs is 1. The summed E-state index contributed by atoms with van der Waals surface area (Å²) in [6, 6.07) is 5.07. The number of rotatable bonds is 3. The summed E-state index contributed by atoms with van der Waals surface area (Å²) < 4.78 is 1.84. The number of pyridine rings is 1. The quantitative estimate of drug-likeness (QED) is 0.799. The van der Waals surface area contributed by atoms with Gasteiger partial charge in [-0.1, -0.05) is 22.9 Å². The van der Waals surface area contributed by atoms with E-state index in [0.717, 1.165) is 5.52 Å². The maximum absolute atomic E-state index is 12.6. The Labute approximate surface area is 134 Å². The molecule has 0 saturated heterocycles. The van der Waals surface area contributed by atoms with Crippen molar-refractivity contribution >= 4 is 44.9 Å². The molecule has 112 valence electrons. The van der Waals surface area contributed by atoms with Gasteiger partial charge in [0.25, 0.3) is 5.91 Å². The van der Waals surface area contributed by atoms with Crippen molar-refractivity contribution in [3.63, 3.8) is 0 Å². The lowest BCUT2D eigenvalue weighted by molar-refractivity contribution is 0.102. The molecule has 0 aliphatic rings. The molecule has 0 spiro atoms. The molecule has 0 atom stereocenters. The van der Waals surface area contributed by atoms with Crippen LogP contribution in [0, 0.1) is 0 Å². The molecule has 2 aromatic heterocycles.